The molecule has 70 valence electrons. The summed E-state index contributed by atoms with van der Waals surface area (Å²) in [5.74, 6) is 0. The molecule has 1 heteroatoms. The Morgan fingerprint density at radius 1 is 1.46 bits per heavy atom. The first-order valence-electron chi connectivity index (χ1n) is 4.82. The van der Waals surface area contributed by atoms with Crippen LogP contribution in [0, 0.1) is 6.92 Å². The summed E-state index contributed by atoms with van der Waals surface area (Å²) in [5, 5.41) is 0. The summed E-state index contributed by atoms with van der Waals surface area (Å²) in [4.78, 5) is 0. The highest BCUT2D eigenvalue weighted by Gasteiger charge is 2.11. The van der Waals surface area contributed by atoms with E-state index in [0.29, 0.717) is 0 Å². The zero-order chi connectivity index (χ0) is 9.84. The summed E-state index contributed by atoms with van der Waals surface area (Å²) in [5.41, 5.74) is 4.03. The molecule has 0 unspecified atom stereocenters. The standard InChI is InChI=1S/C12H18N/c1-5-11(6-2)12-9-7-8-10(3)13(12)4/h5,7-9H,6H2,1-4H3/q+1. The highest BCUT2D eigenvalue weighted by Crippen LogP contribution is 2.13. The van der Waals surface area contributed by atoms with Crippen LogP contribution in [0.15, 0.2) is 24.3 Å². The van der Waals surface area contributed by atoms with E-state index < -0.39 is 0 Å². The van der Waals surface area contributed by atoms with E-state index in [1.165, 1.54) is 17.0 Å². The highest BCUT2D eigenvalue weighted by atomic mass is 14.9. The number of rotatable bonds is 2. The van der Waals surface area contributed by atoms with E-state index >= 15 is 0 Å². The lowest BCUT2D eigenvalue weighted by Gasteiger charge is -2.03. The number of allylic oxidation sites excluding steroid dienone is 2. The lowest BCUT2D eigenvalue weighted by molar-refractivity contribution is -0.680. The maximum absolute atomic E-state index is 2.23. The third-order valence-corrected chi connectivity index (χ3v) is 2.54. The summed E-state index contributed by atoms with van der Waals surface area (Å²) < 4.78 is 2.23. The van der Waals surface area contributed by atoms with Gasteiger partial charge in [0.15, 0.2) is 5.69 Å². The van der Waals surface area contributed by atoms with Crippen molar-refractivity contribution in [2.24, 2.45) is 7.05 Å². The van der Waals surface area contributed by atoms with E-state index in [4.69, 9.17) is 0 Å². The highest BCUT2D eigenvalue weighted by molar-refractivity contribution is 5.59. The first-order valence-corrected chi connectivity index (χ1v) is 4.82. The van der Waals surface area contributed by atoms with Crippen LogP contribution in [0.4, 0.5) is 0 Å². The summed E-state index contributed by atoms with van der Waals surface area (Å²) in [6.45, 7) is 6.42. The van der Waals surface area contributed by atoms with E-state index in [1.54, 1.807) is 0 Å². The Morgan fingerprint density at radius 2 is 2.15 bits per heavy atom. The van der Waals surface area contributed by atoms with Gasteiger partial charge in [-0.3, -0.25) is 0 Å². The third kappa shape index (κ3) is 1.97. The lowest BCUT2D eigenvalue weighted by Crippen LogP contribution is -2.36. The monoisotopic (exact) mass is 176 g/mol. The Labute approximate surface area is 80.7 Å². The van der Waals surface area contributed by atoms with Gasteiger partial charge in [0, 0.05) is 24.6 Å². The summed E-state index contributed by atoms with van der Waals surface area (Å²) in [6.07, 6.45) is 3.28. The summed E-state index contributed by atoms with van der Waals surface area (Å²) >= 11 is 0. The zero-order valence-corrected chi connectivity index (χ0v) is 8.96. The van der Waals surface area contributed by atoms with Gasteiger partial charge in [0.05, 0.1) is 0 Å². The molecule has 0 aliphatic rings. The van der Waals surface area contributed by atoms with Gasteiger partial charge in [-0.15, -0.1) is 0 Å². The largest absolute Gasteiger partial charge is 0.208 e. The van der Waals surface area contributed by atoms with Crippen LogP contribution in [0.3, 0.4) is 0 Å². The molecule has 0 atom stereocenters. The topological polar surface area (TPSA) is 3.88 Å². The molecule has 0 amide bonds. The molecule has 0 saturated carbocycles. The van der Waals surface area contributed by atoms with Gasteiger partial charge in [0.2, 0.25) is 5.69 Å². The molecule has 1 heterocycles. The van der Waals surface area contributed by atoms with Crippen molar-refractivity contribution in [1.29, 1.82) is 0 Å². The molecule has 0 spiro atoms. The molecule has 0 N–H and O–H groups in total. The smallest absolute Gasteiger partial charge is 0.199 e. The number of nitrogens with zero attached hydrogens (tertiary/aromatic N) is 1. The molecular formula is C12H18N+. The normalized spacial score (nSPS) is 11.8. The first kappa shape index (κ1) is 9.97. The molecule has 1 aromatic heterocycles. The minimum atomic E-state index is 1.09. The number of hydrogen-bond donors (Lipinski definition) is 0. The number of pyridine rings is 1. The van der Waals surface area contributed by atoms with Crippen molar-refractivity contribution >= 4 is 5.57 Å². The van der Waals surface area contributed by atoms with E-state index in [-0.39, 0.29) is 0 Å². The molecule has 0 bridgehead atoms. The molecule has 13 heavy (non-hydrogen) atoms. The van der Waals surface area contributed by atoms with Crippen LogP contribution < -0.4 is 4.57 Å². The van der Waals surface area contributed by atoms with Crippen LogP contribution in [0.25, 0.3) is 5.57 Å². The van der Waals surface area contributed by atoms with Crippen molar-refractivity contribution in [2.45, 2.75) is 27.2 Å². The maximum Gasteiger partial charge on any atom is 0.208 e. The zero-order valence-electron chi connectivity index (χ0n) is 8.96. The molecule has 0 radical (unpaired) electrons. The molecule has 1 rings (SSSR count). The molecular weight excluding hydrogens is 158 g/mol. The van der Waals surface area contributed by atoms with Crippen molar-refractivity contribution in [3.63, 3.8) is 0 Å². The molecule has 1 nitrogen and oxygen atoms in total. The quantitative estimate of drug-likeness (QED) is 0.610. The maximum atomic E-state index is 2.23. The second-order valence-electron chi connectivity index (χ2n) is 3.28. The average Bonchev–Trinajstić information content (AvgIpc) is 2.14. The molecule has 0 aromatic carbocycles. The molecule has 1 aromatic rings. The van der Waals surface area contributed by atoms with Crippen LogP contribution >= 0.6 is 0 Å². The predicted molar refractivity (Wildman–Crippen MR) is 56.3 cm³/mol. The molecule has 0 saturated heterocycles. The second-order valence-corrected chi connectivity index (χ2v) is 3.28. The van der Waals surface area contributed by atoms with Gasteiger partial charge in [0.25, 0.3) is 0 Å². The van der Waals surface area contributed by atoms with Crippen LogP contribution in [-0.4, -0.2) is 0 Å². The van der Waals surface area contributed by atoms with E-state index in [0.717, 1.165) is 6.42 Å². The van der Waals surface area contributed by atoms with Crippen LogP contribution in [0.2, 0.25) is 0 Å². The van der Waals surface area contributed by atoms with Gasteiger partial charge in [-0.2, -0.15) is 4.57 Å². The fourth-order valence-electron chi connectivity index (χ4n) is 1.55. The van der Waals surface area contributed by atoms with E-state index in [2.05, 4.69) is 56.7 Å². The van der Waals surface area contributed by atoms with Crippen LogP contribution in [0.1, 0.15) is 31.7 Å². The Kier molecular flexibility index (Phi) is 3.24. The Balaban J connectivity index is 3.22. The number of aromatic nitrogens is 1. The fraction of sp³-hybridized carbons (Fsp3) is 0.417. The Bertz CT molecular complexity index is 324. The summed E-state index contributed by atoms with van der Waals surface area (Å²) in [6, 6.07) is 6.42. The third-order valence-electron chi connectivity index (χ3n) is 2.54. The van der Waals surface area contributed by atoms with E-state index in [9.17, 15) is 0 Å². The molecule has 0 aliphatic heterocycles. The van der Waals surface area contributed by atoms with Gasteiger partial charge < -0.3 is 0 Å². The Morgan fingerprint density at radius 3 is 2.69 bits per heavy atom. The minimum absolute atomic E-state index is 1.09. The van der Waals surface area contributed by atoms with Gasteiger partial charge in [-0.1, -0.05) is 13.0 Å². The lowest BCUT2D eigenvalue weighted by atomic mass is 10.1. The van der Waals surface area contributed by atoms with Gasteiger partial charge in [-0.25, -0.2) is 0 Å². The first-order chi connectivity index (χ1) is 6.20. The molecule has 0 fully saturated rings. The van der Waals surface area contributed by atoms with Crippen molar-refractivity contribution < 1.29 is 4.57 Å². The van der Waals surface area contributed by atoms with Gasteiger partial charge in [0.1, 0.15) is 7.05 Å². The SMILES string of the molecule is CC=C(CC)c1cccc(C)[n+]1C. The van der Waals surface area contributed by atoms with Gasteiger partial charge in [-0.05, 0) is 19.4 Å². The van der Waals surface area contributed by atoms with Crippen molar-refractivity contribution in [3.05, 3.63) is 35.7 Å². The second kappa shape index (κ2) is 4.22. The van der Waals surface area contributed by atoms with Crippen molar-refractivity contribution in [1.82, 2.24) is 0 Å². The fourth-order valence-corrected chi connectivity index (χ4v) is 1.55. The average molecular weight is 176 g/mol. The number of hydrogen-bond acceptors (Lipinski definition) is 0. The molecule has 0 aliphatic carbocycles. The predicted octanol–water partition coefficient (Wildman–Crippen LogP) is 2.63. The van der Waals surface area contributed by atoms with Crippen molar-refractivity contribution in [3.8, 4) is 0 Å². The minimum Gasteiger partial charge on any atom is -0.199 e. The number of aryl methyl sites for hydroxylation is 1. The van der Waals surface area contributed by atoms with Gasteiger partial charge >= 0.3 is 0 Å². The Hall–Kier alpha value is -1.11. The van der Waals surface area contributed by atoms with E-state index in [1.807, 2.05) is 0 Å². The van der Waals surface area contributed by atoms with Crippen LogP contribution in [-0.2, 0) is 7.05 Å². The van der Waals surface area contributed by atoms with Crippen molar-refractivity contribution in [2.75, 3.05) is 0 Å². The summed E-state index contributed by atoms with van der Waals surface area (Å²) in [7, 11) is 2.11. The van der Waals surface area contributed by atoms with Crippen LogP contribution in [0.5, 0.6) is 0 Å².